The van der Waals surface area contributed by atoms with E-state index in [0.717, 1.165) is 12.8 Å². The molecule has 2 rings (SSSR count). The lowest BCUT2D eigenvalue weighted by Gasteiger charge is -2.24. The number of carbonyl (C=O) groups is 1. The first-order valence-electron chi connectivity index (χ1n) is 6.47. The highest BCUT2D eigenvalue weighted by Crippen LogP contribution is 2.18. The highest BCUT2D eigenvalue weighted by Gasteiger charge is 2.17. The molecule has 7 heteroatoms. The van der Waals surface area contributed by atoms with E-state index in [-0.39, 0.29) is 5.69 Å². The Bertz CT molecular complexity index is 478. The smallest absolute Gasteiger partial charge is 0.271 e. The molecule has 0 aromatic carbocycles. The van der Waals surface area contributed by atoms with E-state index < -0.39 is 5.91 Å². The summed E-state index contributed by atoms with van der Waals surface area (Å²) in [4.78, 5) is 11.2. The highest BCUT2D eigenvalue weighted by atomic mass is 32.1. The summed E-state index contributed by atoms with van der Waals surface area (Å²) in [5.74, 6) is -0.566. The van der Waals surface area contributed by atoms with Gasteiger partial charge in [0.15, 0.2) is 10.8 Å². The largest absolute Gasteiger partial charge is 0.364 e. The Kier molecular flexibility index (Phi) is 4.36. The van der Waals surface area contributed by atoms with Gasteiger partial charge in [-0.05, 0) is 25.1 Å². The lowest BCUT2D eigenvalue weighted by atomic mass is 9.96. The summed E-state index contributed by atoms with van der Waals surface area (Å²) in [5.41, 5.74) is 6.02. The van der Waals surface area contributed by atoms with Gasteiger partial charge >= 0.3 is 0 Å². The number of rotatable bonds is 3. The maximum Gasteiger partial charge on any atom is 0.271 e. The summed E-state index contributed by atoms with van der Waals surface area (Å²) < 4.78 is 1.53. The number of hydrogen-bond acceptors (Lipinski definition) is 3. The maximum atomic E-state index is 11.2. The monoisotopic (exact) mass is 281 g/mol. The third-order valence-corrected chi connectivity index (χ3v) is 3.47. The van der Waals surface area contributed by atoms with Gasteiger partial charge in [0.05, 0.1) is 5.69 Å². The Morgan fingerprint density at radius 1 is 1.47 bits per heavy atom. The fourth-order valence-corrected chi connectivity index (χ4v) is 2.63. The molecule has 1 amide bonds. The molecule has 1 aromatic rings. The van der Waals surface area contributed by atoms with Crippen LogP contribution in [0.4, 0.5) is 5.69 Å². The molecule has 0 saturated heterocycles. The van der Waals surface area contributed by atoms with Gasteiger partial charge < -0.3 is 16.4 Å². The van der Waals surface area contributed by atoms with E-state index in [1.165, 1.54) is 23.9 Å². The second kappa shape index (κ2) is 6.01. The zero-order chi connectivity index (χ0) is 13.8. The number of hydrogen-bond donors (Lipinski definition) is 3. The van der Waals surface area contributed by atoms with Gasteiger partial charge in [-0.25, -0.2) is 0 Å². The summed E-state index contributed by atoms with van der Waals surface area (Å²) in [6.45, 7) is 0. The van der Waals surface area contributed by atoms with E-state index in [0.29, 0.717) is 16.8 Å². The average molecular weight is 281 g/mol. The van der Waals surface area contributed by atoms with Crippen LogP contribution < -0.4 is 16.4 Å². The Labute approximate surface area is 117 Å². The van der Waals surface area contributed by atoms with Crippen LogP contribution in [0.3, 0.4) is 0 Å². The Morgan fingerprint density at radius 3 is 2.79 bits per heavy atom. The average Bonchev–Trinajstić information content (AvgIpc) is 2.71. The van der Waals surface area contributed by atoms with Crippen LogP contribution in [0.1, 0.15) is 42.6 Å². The van der Waals surface area contributed by atoms with E-state index in [1.54, 1.807) is 13.2 Å². The summed E-state index contributed by atoms with van der Waals surface area (Å²) in [6, 6.07) is 0.419. The van der Waals surface area contributed by atoms with E-state index in [4.69, 9.17) is 18.0 Å². The molecule has 1 aliphatic rings. The van der Waals surface area contributed by atoms with Gasteiger partial charge in [-0.1, -0.05) is 19.3 Å². The molecule has 0 bridgehead atoms. The molecular weight excluding hydrogens is 262 g/mol. The number of aryl methyl sites for hydroxylation is 1. The molecule has 4 N–H and O–H groups in total. The first-order valence-corrected chi connectivity index (χ1v) is 6.88. The number of primary amides is 1. The van der Waals surface area contributed by atoms with Crippen LogP contribution in [-0.2, 0) is 7.05 Å². The number of nitrogens with zero attached hydrogens (tertiary/aromatic N) is 2. The molecule has 0 radical (unpaired) electrons. The molecule has 0 atom stereocenters. The van der Waals surface area contributed by atoms with Gasteiger partial charge in [0.2, 0.25) is 0 Å². The molecule has 19 heavy (non-hydrogen) atoms. The third kappa shape index (κ3) is 3.66. The molecule has 1 aromatic heterocycles. The third-order valence-electron chi connectivity index (χ3n) is 3.25. The Balaban J connectivity index is 1.96. The van der Waals surface area contributed by atoms with Crippen molar-refractivity contribution in [3.63, 3.8) is 0 Å². The SMILES string of the molecule is Cn1cc(NC(=S)NC2CCCCC2)c(C(N)=O)n1. The van der Waals surface area contributed by atoms with Crippen LogP contribution in [-0.4, -0.2) is 26.8 Å². The van der Waals surface area contributed by atoms with Crippen molar-refractivity contribution in [2.45, 2.75) is 38.1 Å². The molecular formula is C12H19N5OS. The van der Waals surface area contributed by atoms with Crippen molar-refractivity contribution in [1.29, 1.82) is 0 Å². The van der Waals surface area contributed by atoms with Gasteiger partial charge in [-0.15, -0.1) is 0 Å². The zero-order valence-corrected chi connectivity index (χ0v) is 11.8. The first kappa shape index (κ1) is 13.8. The molecule has 6 nitrogen and oxygen atoms in total. The fourth-order valence-electron chi connectivity index (χ4n) is 2.35. The fraction of sp³-hybridized carbons (Fsp3) is 0.583. The van der Waals surface area contributed by atoms with Crippen LogP contribution >= 0.6 is 12.2 Å². The Morgan fingerprint density at radius 2 is 2.16 bits per heavy atom. The summed E-state index contributed by atoms with van der Waals surface area (Å²) in [6.07, 6.45) is 7.73. The van der Waals surface area contributed by atoms with E-state index >= 15 is 0 Å². The number of thiocarbonyl (C=S) groups is 1. The van der Waals surface area contributed by atoms with Crippen molar-refractivity contribution in [2.24, 2.45) is 12.8 Å². The maximum absolute atomic E-state index is 11.2. The molecule has 1 heterocycles. The quantitative estimate of drug-likeness (QED) is 0.723. The van der Waals surface area contributed by atoms with E-state index in [2.05, 4.69) is 15.7 Å². The summed E-state index contributed by atoms with van der Waals surface area (Å²) >= 11 is 5.26. The normalized spacial score (nSPS) is 16.1. The number of nitrogens with one attached hydrogen (secondary N) is 2. The van der Waals surface area contributed by atoms with Gasteiger partial charge in [-0.3, -0.25) is 9.48 Å². The van der Waals surface area contributed by atoms with Gasteiger partial charge in [0.1, 0.15) is 0 Å². The number of aromatic nitrogens is 2. The van der Waals surface area contributed by atoms with Crippen LogP contribution in [0, 0.1) is 0 Å². The van der Waals surface area contributed by atoms with Crippen molar-refractivity contribution < 1.29 is 4.79 Å². The second-order valence-corrected chi connectivity index (χ2v) is 5.27. The van der Waals surface area contributed by atoms with Crippen LogP contribution in [0.5, 0.6) is 0 Å². The summed E-state index contributed by atoms with van der Waals surface area (Å²) in [7, 11) is 1.73. The van der Waals surface area contributed by atoms with Crippen molar-refractivity contribution in [3.8, 4) is 0 Å². The highest BCUT2D eigenvalue weighted by molar-refractivity contribution is 7.80. The van der Waals surface area contributed by atoms with Crippen LogP contribution in [0.2, 0.25) is 0 Å². The molecule has 1 fully saturated rings. The lowest BCUT2D eigenvalue weighted by Crippen LogP contribution is -2.39. The number of amides is 1. The standard InChI is InChI=1S/C12H19N5OS/c1-17-7-9(10(16-17)11(13)18)15-12(19)14-8-5-3-2-4-6-8/h7-8H,2-6H2,1H3,(H2,13,18)(H2,14,15,19). The topological polar surface area (TPSA) is 85.0 Å². The first-order chi connectivity index (χ1) is 9.06. The van der Waals surface area contributed by atoms with Gasteiger partial charge in [0, 0.05) is 19.3 Å². The van der Waals surface area contributed by atoms with Crippen molar-refractivity contribution >= 4 is 28.9 Å². The van der Waals surface area contributed by atoms with E-state index in [1.807, 2.05) is 0 Å². The Hall–Kier alpha value is -1.63. The second-order valence-electron chi connectivity index (χ2n) is 4.86. The molecule has 1 aliphatic carbocycles. The van der Waals surface area contributed by atoms with Crippen LogP contribution in [0.15, 0.2) is 6.20 Å². The molecule has 0 spiro atoms. The lowest BCUT2D eigenvalue weighted by molar-refractivity contribution is 0.0995. The molecule has 104 valence electrons. The zero-order valence-electron chi connectivity index (χ0n) is 11.0. The molecule has 1 saturated carbocycles. The minimum Gasteiger partial charge on any atom is -0.364 e. The number of nitrogens with two attached hydrogens (primary N) is 1. The van der Waals surface area contributed by atoms with Gasteiger partial charge in [0.25, 0.3) is 5.91 Å². The van der Waals surface area contributed by atoms with E-state index in [9.17, 15) is 4.79 Å². The predicted octanol–water partition coefficient (Wildman–Crippen LogP) is 1.14. The number of anilines is 1. The van der Waals surface area contributed by atoms with Crippen molar-refractivity contribution in [2.75, 3.05) is 5.32 Å². The van der Waals surface area contributed by atoms with Crippen molar-refractivity contribution in [1.82, 2.24) is 15.1 Å². The van der Waals surface area contributed by atoms with Crippen LogP contribution in [0.25, 0.3) is 0 Å². The predicted molar refractivity (Wildman–Crippen MR) is 78.0 cm³/mol. The minimum atomic E-state index is -0.566. The van der Waals surface area contributed by atoms with Crippen molar-refractivity contribution in [3.05, 3.63) is 11.9 Å². The van der Waals surface area contributed by atoms with Gasteiger partial charge in [-0.2, -0.15) is 5.10 Å². The minimum absolute atomic E-state index is 0.204. The number of carbonyl (C=O) groups excluding carboxylic acids is 1. The molecule has 0 unspecified atom stereocenters. The molecule has 0 aliphatic heterocycles. The summed E-state index contributed by atoms with van der Waals surface area (Å²) in [5, 5.41) is 10.8.